The molecule has 28 heavy (non-hydrogen) atoms. The summed E-state index contributed by atoms with van der Waals surface area (Å²) in [5, 5.41) is 3.66. The highest BCUT2D eigenvalue weighted by Crippen LogP contribution is 2.42. The first-order chi connectivity index (χ1) is 13.6. The summed E-state index contributed by atoms with van der Waals surface area (Å²) in [7, 11) is 1.78. The Kier molecular flexibility index (Phi) is 7.52. The van der Waals surface area contributed by atoms with Crippen LogP contribution in [-0.2, 0) is 11.2 Å². The van der Waals surface area contributed by atoms with Crippen LogP contribution in [0.15, 0.2) is 54.6 Å². The molecule has 2 atom stereocenters. The Balaban J connectivity index is 1.63. The van der Waals surface area contributed by atoms with Crippen LogP contribution in [0.4, 0.5) is 0 Å². The normalized spacial score (nSPS) is 19.9. The Morgan fingerprint density at radius 3 is 2.57 bits per heavy atom. The minimum absolute atomic E-state index is 0.0378. The van der Waals surface area contributed by atoms with Crippen molar-refractivity contribution in [3.63, 3.8) is 0 Å². The molecule has 1 aliphatic rings. The highest BCUT2D eigenvalue weighted by Gasteiger charge is 2.34. The number of hydrogen-bond acceptors (Lipinski definition) is 3. The van der Waals surface area contributed by atoms with E-state index in [2.05, 4.69) is 73.8 Å². The number of methoxy groups -OCH3 is 1. The second kappa shape index (κ2) is 10.1. The van der Waals surface area contributed by atoms with Crippen molar-refractivity contribution in [2.45, 2.75) is 51.0 Å². The van der Waals surface area contributed by atoms with Crippen molar-refractivity contribution in [3.8, 4) is 5.75 Å². The number of benzene rings is 2. The molecule has 0 aliphatic carbocycles. The predicted octanol–water partition coefficient (Wildman–Crippen LogP) is 5.21. The van der Waals surface area contributed by atoms with E-state index in [9.17, 15) is 0 Å². The van der Waals surface area contributed by atoms with E-state index in [4.69, 9.17) is 9.47 Å². The van der Waals surface area contributed by atoms with Gasteiger partial charge >= 0.3 is 0 Å². The summed E-state index contributed by atoms with van der Waals surface area (Å²) in [5.74, 6) is 2.13. The summed E-state index contributed by atoms with van der Waals surface area (Å²) in [5.41, 5.74) is 2.70. The van der Waals surface area contributed by atoms with Crippen LogP contribution in [0.5, 0.6) is 5.75 Å². The molecule has 1 heterocycles. The molecule has 2 aromatic carbocycles. The molecule has 1 N–H and O–H groups in total. The molecule has 2 unspecified atom stereocenters. The molecule has 0 bridgehead atoms. The second-order valence-corrected chi connectivity index (χ2v) is 8.48. The van der Waals surface area contributed by atoms with Crippen molar-refractivity contribution in [3.05, 3.63) is 65.7 Å². The number of nitrogens with one attached hydrogen (secondary N) is 1. The topological polar surface area (TPSA) is 30.5 Å². The number of rotatable bonds is 9. The Hall–Kier alpha value is -1.84. The van der Waals surface area contributed by atoms with Gasteiger partial charge in [-0.1, -0.05) is 48.5 Å². The summed E-state index contributed by atoms with van der Waals surface area (Å²) < 4.78 is 11.7. The fourth-order valence-corrected chi connectivity index (χ4v) is 4.50. The monoisotopic (exact) mass is 381 g/mol. The van der Waals surface area contributed by atoms with Crippen LogP contribution >= 0.6 is 0 Å². The standard InChI is InChI=1S/C25H35NO2/c1-25(2)19-21(15-18-28-25)22(23-11-7-8-12-24(23)27-3)14-17-26-16-13-20-9-5-4-6-10-20/h4-12,21-22,26H,13-19H2,1-3H3. The third-order valence-electron chi connectivity index (χ3n) is 5.91. The molecule has 0 amide bonds. The first-order valence-corrected chi connectivity index (χ1v) is 10.6. The van der Waals surface area contributed by atoms with Gasteiger partial charge in [0.1, 0.15) is 5.75 Å². The molecule has 3 rings (SSSR count). The van der Waals surface area contributed by atoms with Crippen LogP contribution in [0.2, 0.25) is 0 Å². The first-order valence-electron chi connectivity index (χ1n) is 10.6. The number of hydrogen-bond donors (Lipinski definition) is 1. The van der Waals surface area contributed by atoms with Crippen molar-refractivity contribution >= 4 is 0 Å². The summed E-state index contributed by atoms with van der Waals surface area (Å²) >= 11 is 0. The van der Waals surface area contributed by atoms with E-state index in [-0.39, 0.29) is 5.60 Å². The maximum Gasteiger partial charge on any atom is 0.122 e. The molecule has 152 valence electrons. The van der Waals surface area contributed by atoms with Crippen molar-refractivity contribution in [1.82, 2.24) is 5.32 Å². The summed E-state index contributed by atoms with van der Waals surface area (Å²) in [6, 6.07) is 19.2. The predicted molar refractivity (Wildman–Crippen MR) is 116 cm³/mol. The second-order valence-electron chi connectivity index (χ2n) is 8.48. The Morgan fingerprint density at radius 2 is 1.82 bits per heavy atom. The van der Waals surface area contributed by atoms with Crippen LogP contribution in [-0.4, -0.2) is 32.4 Å². The maximum atomic E-state index is 5.98. The minimum Gasteiger partial charge on any atom is -0.496 e. The van der Waals surface area contributed by atoms with Gasteiger partial charge in [0, 0.05) is 6.61 Å². The third-order valence-corrected chi connectivity index (χ3v) is 5.91. The van der Waals surface area contributed by atoms with Crippen LogP contribution in [0.25, 0.3) is 0 Å². The number of ether oxygens (including phenoxy) is 2. The zero-order valence-corrected chi connectivity index (χ0v) is 17.6. The first kappa shape index (κ1) is 20.9. The van der Waals surface area contributed by atoms with Crippen molar-refractivity contribution < 1.29 is 9.47 Å². The lowest BCUT2D eigenvalue weighted by molar-refractivity contribution is -0.0772. The molecule has 0 aromatic heterocycles. The largest absolute Gasteiger partial charge is 0.496 e. The molecule has 1 saturated heterocycles. The fraction of sp³-hybridized carbons (Fsp3) is 0.520. The van der Waals surface area contributed by atoms with E-state index in [1.165, 1.54) is 11.1 Å². The van der Waals surface area contributed by atoms with Gasteiger partial charge in [-0.3, -0.25) is 0 Å². The van der Waals surface area contributed by atoms with Crippen molar-refractivity contribution in [2.24, 2.45) is 5.92 Å². The minimum atomic E-state index is -0.0378. The van der Waals surface area contributed by atoms with E-state index >= 15 is 0 Å². The smallest absolute Gasteiger partial charge is 0.122 e. The molecular weight excluding hydrogens is 346 g/mol. The fourth-order valence-electron chi connectivity index (χ4n) is 4.50. The number of para-hydroxylation sites is 1. The molecule has 0 spiro atoms. The highest BCUT2D eigenvalue weighted by molar-refractivity contribution is 5.36. The lowest BCUT2D eigenvalue weighted by atomic mass is 9.75. The molecule has 0 saturated carbocycles. The SMILES string of the molecule is COc1ccccc1C(CCNCCc1ccccc1)C1CCOC(C)(C)C1. The van der Waals surface area contributed by atoms with Crippen LogP contribution in [0.3, 0.4) is 0 Å². The van der Waals surface area contributed by atoms with Crippen molar-refractivity contribution in [2.75, 3.05) is 26.8 Å². The molecule has 3 heteroatoms. The van der Waals surface area contributed by atoms with E-state index in [0.717, 1.165) is 51.1 Å². The molecule has 1 fully saturated rings. The summed E-state index contributed by atoms with van der Waals surface area (Å²) in [6.45, 7) is 7.33. The van der Waals surface area contributed by atoms with E-state index in [1.807, 2.05) is 0 Å². The molecule has 2 aromatic rings. The average Bonchev–Trinajstić information content (AvgIpc) is 2.71. The Labute approximate surface area is 170 Å². The van der Waals surface area contributed by atoms with Gasteiger partial charge in [-0.15, -0.1) is 0 Å². The van der Waals surface area contributed by atoms with Gasteiger partial charge in [-0.2, -0.15) is 0 Å². The highest BCUT2D eigenvalue weighted by atomic mass is 16.5. The Bertz CT molecular complexity index is 713. The summed E-state index contributed by atoms with van der Waals surface area (Å²) in [6.07, 6.45) is 4.41. The molecular formula is C25H35NO2. The van der Waals surface area contributed by atoms with Gasteiger partial charge in [0.05, 0.1) is 12.7 Å². The van der Waals surface area contributed by atoms with Gasteiger partial charge < -0.3 is 14.8 Å². The van der Waals surface area contributed by atoms with Gasteiger partial charge in [0.15, 0.2) is 0 Å². The van der Waals surface area contributed by atoms with Gasteiger partial charge in [-0.25, -0.2) is 0 Å². The van der Waals surface area contributed by atoms with E-state index < -0.39 is 0 Å². The van der Waals surface area contributed by atoms with Gasteiger partial charge in [0.2, 0.25) is 0 Å². The zero-order valence-electron chi connectivity index (χ0n) is 17.6. The van der Waals surface area contributed by atoms with Gasteiger partial charge in [-0.05, 0) is 81.6 Å². The lowest BCUT2D eigenvalue weighted by Gasteiger charge is -2.40. The van der Waals surface area contributed by atoms with E-state index in [0.29, 0.717) is 11.8 Å². The lowest BCUT2D eigenvalue weighted by Crippen LogP contribution is -2.37. The molecule has 1 aliphatic heterocycles. The third kappa shape index (κ3) is 5.83. The summed E-state index contributed by atoms with van der Waals surface area (Å²) in [4.78, 5) is 0. The van der Waals surface area contributed by atoms with Crippen LogP contribution < -0.4 is 10.1 Å². The van der Waals surface area contributed by atoms with Crippen molar-refractivity contribution in [1.29, 1.82) is 0 Å². The van der Waals surface area contributed by atoms with Gasteiger partial charge in [0.25, 0.3) is 0 Å². The van der Waals surface area contributed by atoms with E-state index in [1.54, 1.807) is 7.11 Å². The Morgan fingerprint density at radius 1 is 1.07 bits per heavy atom. The van der Waals surface area contributed by atoms with Crippen LogP contribution in [0.1, 0.15) is 50.2 Å². The molecule has 3 nitrogen and oxygen atoms in total. The average molecular weight is 382 g/mol. The quantitative estimate of drug-likeness (QED) is 0.605. The zero-order chi connectivity index (χ0) is 19.8. The molecule has 0 radical (unpaired) electrons. The maximum absolute atomic E-state index is 5.98. The van der Waals surface area contributed by atoms with Crippen LogP contribution in [0, 0.1) is 5.92 Å².